The van der Waals surface area contributed by atoms with Gasteiger partial charge in [0.25, 0.3) is 5.91 Å². The fourth-order valence-electron chi connectivity index (χ4n) is 2.77. The second-order valence-electron chi connectivity index (χ2n) is 6.46. The highest BCUT2D eigenvalue weighted by Gasteiger charge is 2.13. The van der Waals surface area contributed by atoms with Crippen molar-refractivity contribution in [3.63, 3.8) is 0 Å². The summed E-state index contributed by atoms with van der Waals surface area (Å²) in [6.07, 6.45) is 1.12. The van der Waals surface area contributed by atoms with Crippen LogP contribution in [0.25, 0.3) is 10.8 Å². The summed E-state index contributed by atoms with van der Waals surface area (Å²) in [4.78, 5) is 24.2. The molecular weight excluding hydrogens is 378 g/mol. The van der Waals surface area contributed by atoms with Gasteiger partial charge in [0, 0.05) is 11.9 Å². The predicted octanol–water partition coefficient (Wildman–Crippen LogP) is 3.18. The first-order valence-electron chi connectivity index (χ1n) is 8.53. The van der Waals surface area contributed by atoms with E-state index in [-0.39, 0.29) is 11.3 Å². The quantitative estimate of drug-likeness (QED) is 0.645. The van der Waals surface area contributed by atoms with Crippen molar-refractivity contribution in [1.29, 1.82) is 0 Å². The Bertz CT molecular complexity index is 1140. The second-order valence-corrected chi connectivity index (χ2v) is 8.60. The van der Waals surface area contributed by atoms with E-state index in [0.29, 0.717) is 11.3 Å². The number of carbonyl (C=O) groups excluding carboxylic acids is 2. The Hall–Kier alpha value is -3.19. The van der Waals surface area contributed by atoms with Gasteiger partial charge in [-0.25, -0.2) is 13.2 Å². The Kier molecular flexibility index (Phi) is 5.75. The van der Waals surface area contributed by atoms with E-state index in [2.05, 4.69) is 5.32 Å². The standard InChI is InChI=1S/C21H19NO5S/c1-28(25,26)14-15-5-4-8-18(11-15)21(24)27-13-20(23)22-19-10-9-16-6-2-3-7-17(16)12-19/h2-12H,13-14H2,1H3,(H,22,23). The van der Waals surface area contributed by atoms with Gasteiger partial charge in [-0.05, 0) is 40.6 Å². The summed E-state index contributed by atoms with van der Waals surface area (Å²) in [5.74, 6) is -1.32. The molecule has 0 aliphatic carbocycles. The van der Waals surface area contributed by atoms with Gasteiger partial charge in [-0.3, -0.25) is 4.79 Å². The van der Waals surface area contributed by atoms with Crippen molar-refractivity contribution >= 4 is 38.2 Å². The van der Waals surface area contributed by atoms with Crippen LogP contribution in [-0.4, -0.2) is 33.2 Å². The first-order chi connectivity index (χ1) is 13.3. The van der Waals surface area contributed by atoms with Gasteiger partial charge in [-0.1, -0.05) is 42.5 Å². The van der Waals surface area contributed by atoms with Crippen molar-refractivity contribution in [2.24, 2.45) is 0 Å². The van der Waals surface area contributed by atoms with Crippen LogP contribution in [0.4, 0.5) is 5.69 Å². The minimum Gasteiger partial charge on any atom is -0.452 e. The number of amides is 1. The highest BCUT2D eigenvalue weighted by molar-refractivity contribution is 7.89. The highest BCUT2D eigenvalue weighted by atomic mass is 32.2. The molecule has 1 amide bonds. The van der Waals surface area contributed by atoms with E-state index in [0.717, 1.165) is 17.0 Å². The van der Waals surface area contributed by atoms with Crippen molar-refractivity contribution in [3.8, 4) is 0 Å². The van der Waals surface area contributed by atoms with E-state index in [1.807, 2.05) is 36.4 Å². The summed E-state index contributed by atoms with van der Waals surface area (Å²) < 4.78 is 27.8. The molecule has 0 atom stereocenters. The molecule has 0 radical (unpaired) electrons. The van der Waals surface area contributed by atoms with E-state index in [4.69, 9.17) is 4.74 Å². The molecule has 0 heterocycles. The normalized spacial score (nSPS) is 11.2. The van der Waals surface area contributed by atoms with Crippen LogP contribution in [0.3, 0.4) is 0 Å². The van der Waals surface area contributed by atoms with Crippen molar-refractivity contribution in [1.82, 2.24) is 0 Å². The Morgan fingerprint density at radius 3 is 2.43 bits per heavy atom. The van der Waals surface area contributed by atoms with Crippen LogP contribution in [0.5, 0.6) is 0 Å². The lowest BCUT2D eigenvalue weighted by Gasteiger charge is -2.08. The predicted molar refractivity (Wildman–Crippen MR) is 108 cm³/mol. The molecule has 7 heteroatoms. The molecule has 3 aromatic rings. The molecule has 28 heavy (non-hydrogen) atoms. The second kappa shape index (κ2) is 8.22. The summed E-state index contributed by atoms with van der Waals surface area (Å²) >= 11 is 0. The third kappa shape index (κ3) is 5.40. The first kappa shape index (κ1) is 19.6. The van der Waals surface area contributed by atoms with Crippen LogP contribution in [-0.2, 0) is 25.1 Å². The summed E-state index contributed by atoms with van der Waals surface area (Å²) in [6, 6.07) is 19.4. The number of sulfone groups is 1. The molecule has 0 aliphatic rings. The van der Waals surface area contributed by atoms with E-state index in [1.54, 1.807) is 18.2 Å². The average Bonchev–Trinajstić information content (AvgIpc) is 2.65. The average molecular weight is 397 g/mol. The Balaban J connectivity index is 1.59. The molecule has 0 aromatic heterocycles. The Morgan fingerprint density at radius 1 is 0.929 bits per heavy atom. The smallest absolute Gasteiger partial charge is 0.338 e. The van der Waals surface area contributed by atoms with Crippen molar-refractivity contribution in [3.05, 3.63) is 77.9 Å². The lowest BCUT2D eigenvalue weighted by atomic mass is 10.1. The van der Waals surface area contributed by atoms with Gasteiger partial charge >= 0.3 is 5.97 Å². The minimum absolute atomic E-state index is 0.170. The van der Waals surface area contributed by atoms with Gasteiger partial charge < -0.3 is 10.1 Å². The lowest BCUT2D eigenvalue weighted by Crippen LogP contribution is -2.21. The van der Waals surface area contributed by atoms with E-state index in [9.17, 15) is 18.0 Å². The monoisotopic (exact) mass is 397 g/mol. The molecule has 0 unspecified atom stereocenters. The molecular formula is C21H19NO5S. The molecule has 1 N–H and O–H groups in total. The number of hydrogen-bond acceptors (Lipinski definition) is 5. The zero-order chi connectivity index (χ0) is 20.1. The molecule has 0 fully saturated rings. The van der Waals surface area contributed by atoms with Crippen molar-refractivity contribution in [2.45, 2.75) is 5.75 Å². The molecule has 144 valence electrons. The number of carbonyl (C=O) groups is 2. The fraction of sp³-hybridized carbons (Fsp3) is 0.143. The third-order valence-corrected chi connectivity index (χ3v) is 4.82. The van der Waals surface area contributed by atoms with E-state index < -0.39 is 28.3 Å². The molecule has 3 aromatic carbocycles. The Labute approximate surface area is 163 Å². The van der Waals surface area contributed by atoms with Gasteiger partial charge in [0.1, 0.15) is 0 Å². The van der Waals surface area contributed by atoms with E-state index >= 15 is 0 Å². The molecule has 6 nitrogen and oxygen atoms in total. The number of fused-ring (bicyclic) bond motifs is 1. The first-order valence-corrected chi connectivity index (χ1v) is 10.6. The van der Waals surface area contributed by atoms with Gasteiger partial charge in [-0.15, -0.1) is 0 Å². The van der Waals surface area contributed by atoms with Crippen LogP contribution in [0, 0.1) is 0 Å². The lowest BCUT2D eigenvalue weighted by molar-refractivity contribution is -0.119. The third-order valence-electron chi connectivity index (χ3n) is 3.96. The number of anilines is 1. The van der Waals surface area contributed by atoms with Gasteiger partial charge in [-0.2, -0.15) is 0 Å². The Morgan fingerprint density at radius 2 is 1.68 bits per heavy atom. The van der Waals surface area contributed by atoms with Gasteiger partial charge in [0.2, 0.25) is 0 Å². The van der Waals surface area contributed by atoms with Crippen LogP contribution in [0.15, 0.2) is 66.7 Å². The highest BCUT2D eigenvalue weighted by Crippen LogP contribution is 2.18. The van der Waals surface area contributed by atoms with Crippen molar-refractivity contribution < 1.29 is 22.7 Å². The van der Waals surface area contributed by atoms with Crippen LogP contribution < -0.4 is 5.32 Å². The SMILES string of the molecule is CS(=O)(=O)Cc1cccc(C(=O)OCC(=O)Nc2ccc3ccccc3c2)c1. The number of nitrogens with one attached hydrogen (secondary N) is 1. The zero-order valence-corrected chi connectivity index (χ0v) is 16.0. The largest absolute Gasteiger partial charge is 0.452 e. The molecule has 0 spiro atoms. The van der Waals surface area contributed by atoms with Crippen LogP contribution >= 0.6 is 0 Å². The molecule has 3 rings (SSSR count). The maximum absolute atomic E-state index is 12.1. The topological polar surface area (TPSA) is 89.5 Å². The van der Waals surface area contributed by atoms with Crippen molar-refractivity contribution in [2.75, 3.05) is 18.2 Å². The van der Waals surface area contributed by atoms with Crippen LogP contribution in [0.2, 0.25) is 0 Å². The van der Waals surface area contributed by atoms with Crippen LogP contribution in [0.1, 0.15) is 15.9 Å². The summed E-state index contributed by atoms with van der Waals surface area (Å²) in [5.41, 5.74) is 1.28. The summed E-state index contributed by atoms with van der Waals surface area (Å²) in [5, 5.41) is 4.73. The number of ether oxygens (including phenoxy) is 1. The number of rotatable bonds is 6. The van der Waals surface area contributed by atoms with E-state index in [1.165, 1.54) is 12.1 Å². The molecule has 0 aliphatic heterocycles. The number of esters is 1. The van der Waals surface area contributed by atoms with Gasteiger partial charge in [0.15, 0.2) is 16.4 Å². The number of benzene rings is 3. The van der Waals surface area contributed by atoms with Gasteiger partial charge in [0.05, 0.1) is 11.3 Å². The zero-order valence-electron chi connectivity index (χ0n) is 15.2. The maximum atomic E-state index is 12.1. The summed E-state index contributed by atoms with van der Waals surface area (Å²) in [7, 11) is -3.21. The molecule has 0 bridgehead atoms. The minimum atomic E-state index is -3.21. The fourth-order valence-corrected chi connectivity index (χ4v) is 3.55. The maximum Gasteiger partial charge on any atom is 0.338 e. The number of hydrogen-bond donors (Lipinski definition) is 1. The molecule has 0 saturated carbocycles. The molecule has 0 saturated heterocycles. The summed E-state index contributed by atoms with van der Waals surface area (Å²) in [6.45, 7) is -0.442.